The van der Waals surface area contributed by atoms with Crippen molar-refractivity contribution < 1.29 is 18.8 Å². The molecule has 0 bridgehead atoms. The molecule has 2 saturated carbocycles. The molecule has 2 aliphatic rings. The topological polar surface area (TPSA) is 63.6 Å². The second-order valence-corrected chi connectivity index (χ2v) is 7.90. The number of esters is 1. The number of carbonyl (C=O) groups is 1. The van der Waals surface area contributed by atoms with Gasteiger partial charge in [-0.1, -0.05) is 12.8 Å². The number of hydrogen-bond donors (Lipinski definition) is 1. The minimum Gasteiger partial charge on any atom is -0.466 e. The van der Waals surface area contributed by atoms with Gasteiger partial charge in [0.15, 0.2) is 0 Å². The van der Waals surface area contributed by atoms with Crippen LogP contribution in [0.2, 0.25) is 0 Å². The van der Waals surface area contributed by atoms with Crippen LogP contribution in [0.15, 0.2) is 0 Å². The lowest BCUT2D eigenvalue weighted by Gasteiger charge is -2.35. The lowest BCUT2D eigenvalue weighted by atomic mass is 9.80. The molecular formula is C15H26O4S. The Morgan fingerprint density at radius 3 is 2.40 bits per heavy atom. The number of aliphatic hydroxyl groups is 1. The average molecular weight is 302 g/mol. The van der Waals surface area contributed by atoms with E-state index in [2.05, 4.69) is 0 Å². The third kappa shape index (κ3) is 4.04. The van der Waals surface area contributed by atoms with Gasteiger partial charge in [0.2, 0.25) is 0 Å². The summed E-state index contributed by atoms with van der Waals surface area (Å²) in [5.74, 6) is 0.148. The minimum atomic E-state index is -0.924. The van der Waals surface area contributed by atoms with Crippen molar-refractivity contribution in [3.63, 3.8) is 0 Å². The highest BCUT2D eigenvalue weighted by atomic mass is 32.2. The van der Waals surface area contributed by atoms with Gasteiger partial charge in [-0.25, -0.2) is 0 Å². The fourth-order valence-corrected chi connectivity index (χ4v) is 5.24. The zero-order valence-electron chi connectivity index (χ0n) is 12.3. The van der Waals surface area contributed by atoms with E-state index in [0.717, 1.165) is 12.8 Å². The highest BCUT2D eigenvalue weighted by Gasteiger charge is 2.39. The van der Waals surface area contributed by atoms with Gasteiger partial charge in [0.05, 0.1) is 23.9 Å². The summed E-state index contributed by atoms with van der Waals surface area (Å²) in [4.78, 5) is 11.7. The molecule has 2 fully saturated rings. The third-order valence-electron chi connectivity index (χ3n) is 4.62. The molecule has 2 aliphatic carbocycles. The van der Waals surface area contributed by atoms with E-state index >= 15 is 0 Å². The first kappa shape index (κ1) is 16.0. The van der Waals surface area contributed by atoms with Crippen LogP contribution in [0.25, 0.3) is 0 Å². The van der Waals surface area contributed by atoms with Crippen molar-refractivity contribution in [1.82, 2.24) is 0 Å². The Hall–Kier alpha value is -0.420. The van der Waals surface area contributed by atoms with Crippen molar-refractivity contribution in [2.45, 2.75) is 69.1 Å². The Bertz CT molecular complexity index is 355. The van der Waals surface area contributed by atoms with Crippen LogP contribution in [0.4, 0.5) is 0 Å². The summed E-state index contributed by atoms with van der Waals surface area (Å²) in [5.41, 5.74) is -0.837. The Balaban J connectivity index is 1.81. The van der Waals surface area contributed by atoms with Crippen LogP contribution in [-0.2, 0) is 20.3 Å². The molecule has 20 heavy (non-hydrogen) atoms. The average Bonchev–Trinajstić information content (AvgIpc) is 2.93. The summed E-state index contributed by atoms with van der Waals surface area (Å²) >= 11 is 0. The Morgan fingerprint density at radius 2 is 1.85 bits per heavy atom. The fourth-order valence-electron chi connectivity index (χ4n) is 3.33. The van der Waals surface area contributed by atoms with Gasteiger partial charge in [-0.2, -0.15) is 0 Å². The van der Waals surface area contributed by atoms with Crippen molar-refractivity contribution in [3.05, 3.63) is 0 Å². The van der Waals surface area contributed by atoms with Crippen molar-refractivity contribution in [2.24, 2.45) is 5.92 Å². The first-order valence-corrected chi connectivity index (χ1v) is 9.18. The summed E-state index contributed by atoms with van der Waals surface area (Å²) in [6, 6.07) is 0. The second kappa shape index (κ2) is 7.03. The molecule has 0 aromatic rings. The lowest BCUT2D eigenvalue weighted by molar-refractivity contribution is -0.150. The van der Waals surface area contributed by atoms with E-state index in [9.17, 15) is 14.1 Å². The van der Waals surface area contributed by atoms with Gasteiger partial charge < -0.3 is 9.84 Å². The fraction of sp³-hybridized carbons (Fsp3) is 0.933. The van der Waals surface area contributed by atoms with Crippen LogP contribution < -0.4 is 0 Å². The highest BCUT2D eigenvalue weighted by molar-refractivity contribution is 7.85. The minimum absolute atomic E-state index is 0.0878. The molecule has 4 nitrogen and oxygen atoms in total. The molecule has 1 atom stereocenters. The van der Waals surface area contributed by atoms with Gasteiger partial charge in [0.1, 0.15) is 0 Å². The smallest absolute Gasteiger partial charge is 0.308 e. The van der Waals surface area contributed by atoms with E-state index in [1.807, 2.05) is 6.92 Å². The maximum absolute atomic E-state index is 12.3. The SMILES string of the molecule is CCOC(=O)C1CCC(O)(CS(=O)C2CCCC2)CC1. The van der Waals surface area contributed by atoms with Crippen LogP contribution in [0, 0.1) is 5.92 Å². The molecule has 2 rings (SSSR count). The number of ether oxygens (including phenoxy) is 1. The first-order valence-electron chi connectivity index (χ1n) is 7.80. The van der Waals surface area contributed by atoms with Crippen LogP contribution in [0.1, 0.15) is 58.3 Å². The van der Waals surface area contributed by atoms with E-state index in [0.29, 0.717) is 38.0 Å². The van der Waals surface area contributed by atoms with E-state index in [1.165, 1.54) is 12.8 Å². The molecule has 0 radical (unpaired) electrons. The molecule has 0 aromatic carbocycles. The predicted molar refractivity (Wildman–Crippen MR) is 78.8 cm³/mol. The molecule has 0 aromatic heterocycles. The van der Waals surface area contributed by atoms with Crippen molar-refractivity contribution >= 4 is 16.8 Å². The van der Waals surface area contributed by atoms with Gasteiger partial charge >= 0.3 is 5.97 Å². The van der Waals surface area contributed by atoms with Crippen LogP contribution in [0.5, 0.6) is 0 Å². The molecule has 0 saturated heterocycles. The van der Waals surface area contributed by atoms with Gasteiger partial charge in [0.25, 0.3) is 0 Å². The zero-order chi connectivity index (χ0) is 14.6. The van der Waals surface area contributed by atoms with Crippen molar-refractivity contribution in [2.75, 3.05) is 12.4 Å². The van der Waals surface area contributed by atoms with Gasteiger partial charge in [-0.3, -0.25) is 9.00 Å². The molecule has 0 heterocycles. The summed E-state index contributed by atoms with van der Waals surface area (Å²) in [6.45, 7) is 2.22. The first-order chi connectivity index (χ1) is 9.54. The largest absolute Gasteiger partial charge is 0.466 e. The molecular weight excluding hydrogens is 276 g/mol. The van der Waals surface area contributed by atoms with Crippen LogP contribution in [-0.4, -0.2) is 38.5 Å². The molecule has 1 unspecified atom stereocenters. The molecule has 0 spiro atoms. The maximum atomic E-state index is 12.3. The number of hydrogen-bond acceptors (Lipinski definition) is 4. The summed E-state index contributed by atoms with van der Waals surface area (Å²) in [6.07, 6.45) is 6.83. The van der Waals surface area contributed by atoms with Gasteiger partial charge in [-0.15, -0.1) is 0 Å². The molecule has 116 valence electrons. The monoisotopic (exact) mass is 302 g/mol. The number of rotatable bonds is 5. The second-order valence-electron chi connectivity index (χ2n) is 6.18. The Morgan fingerprint density at radius 1 is 1.25 bits per heavy atom. The van der Waals surface area contributed by atoms with Gasteiger partial charge in [-0.05, 0) is 45.4 Å². The molecule has 0 amide bonds. The van der Waals surface area contributed by atoms with E-state index in [1.54, 1.807) is 0 Å². The Kier molecular flexibility index (Phi) is 5.61. The number of carbonyl (C=O) groups excluding carboxylic acids is 1. The molecule has 1 N–H and O–H groups in total. The standard InChI is InChI=1S/C15H26O4S/c1-2-19-14(16)12-7-9-15(17,10-8-12)11-20(18)13-5-3-4-6-13/h12-13,17H,2-11H2,1H3. The molecule has 5 heteroatoms. The van der Waals surface area contributed by atoms with Crippen LogP contribution >= 0.6 is 0 Å². The highest BCUT2D eigenvalue weighted by Crippen LogP contribution is 2.35. The third-order valence-corrected chi connectivity index (χ3v) is 6.66. The van der Waals surface area contributed by atoms with E-state index < -0.39 is 16.4 Å². The van der Waals surface area contributed by atoms with E-state index in [-0.39, 0.29) is 17.1 Å². The zero-order valence-corrected chi connectivity index (χ0v) is 13.1. The van der Waals surface area contributed by atoms with Crippen LogP contribution in [0.3, 0.4) is 0 Å². The van der Waals surface area contributed by atoms with E-state index in [4.69, 9.17) is 4.74 Å². The summed E-state index contributed by atoms with van der Waals surface area (Å²) < 4.78 is 17.3. The van der Waals surface area contributed by atoms with Crippen molar-refractivity contribution in [1.29, 1.82) is 0 Å². The summed E-state index contributed by atoms with van der Waals surface area (Å²) in [7, 11) is -0.924. The quantitative estimate of drug-likeness (QED) is 0.791. The maximum Gasteiger partial charge on any atom is 0.308 e. The normalized spacial score (nSPS) is 33.0. The van der Waals surface area contributed by atoms with Crippen molar-refractivity contribution in [3.8, 4) is 0 Å². The predicted octanol–water partition coefficient (Wildman–Crippen LogP) is 2.16. The Labute approximate surface area is 123 Å². The van der Waals surface area contributed by atoms with Gasteiger partial charge in [0, 0.05) is 16.0 Å². The summed E-state index contributed by atoms with van der Waals surface area (Å²) in [5, 5.41) is 10.9. The molecule has 0 aliphatic heterocycles. The lowest BCUT2D eigenvalue weighted by Crippen LogP contribution is -2.42.